The Hall–Kier alpha value is -2.25. The predicted molar refractivity (Wildman–Crippen MR) is 124 cm³/mol. The van der Waals surface area contributed by atoms with Crippen molar-refractivity contribution >= 4 is 17.7 Å². The average Bonchev–Trinajstić information content (AvgIpc) is 3.26. The molecular formula is C27H36O7. The number of carbonyl (C=O) groups excluding carboxylic acids is 3. The van der Waals surface area contributed by atoms with Crippen molar-refractivity contribution in [3.63, 3.8) is 0 Å². The molecule has 1 spiro atoms. The molecular weight excluding hydrogens is 436 g/mol. The molecule has 2 N–H and O–H groups in total. The summed E-state index contributed by atoms with van der Waals surface area (Å²) in [6.45, 7) is 12.3. The number of fused-ring (bicyclic) bond motifs is 3. The maximum Gasteiger partial charge on any atom is 0.334 e. The number of esters is 2. The number of ether oxygens (including phenoxy) is 2. The molecule has 2 saturated carbocycles. The summed E-state index contributed by atoms with van der Waals surface area (Å²) in [7, 11) is 0. The van der Waals surface area contributed by atoms with Crippen LogP contribution in [0.2, 0.25) is 0 Å². The Morgan fingerprint density at radius 2 is 1.91 bits per heavy atom. The molecule has 0 amide bonds. The molecule has 0 radical (unpaired) electrons. The van der Waals surface area contributed by atoms with Gasteiger partial charge in [0, 0.05) is 18.4 Å². The minimum Gasteiger partial charge on any atom is -0.461 e. The van der Waals surface area contributed by atoms with Crippen LogP contribution < -0.4 is 0 Å². The van der Waals surface area contributed by atoms with E-state index in [0.717, 1.165) is 0 Å². The molecule has 2 fully saturated rings. The molecule has 0 saturated heterocycles. The molecule has 6 unspecified atom stereocenters. The molecule has 0 aromatic rings. The summed E-state index contributed by atoms with van der Waals surface area (Å²) in [5, 5.41) is 24.1. The van der Waals surface area contributed by atoms with E-state index in [2.05, 4.69) is 13.8 Å². The number of Topliss-reactive ketones (excluding diaryl/α,β-unsaturated/α-hetero) is 1. The van der Waals surface area contributed by atoms with E-state index < -0.39 is 41.1 Å². The van der Waals surface area contributed by atoms with Gasteiger partial charge < -0.3 is 19.7 Å². The van der Waals surface area contributed by atoms with Gasteiger partial charge in [-0.25, -0.2) is 4.79 Å². The van der Waals surface area contributed by atoms with Crippen molar-refractivity contribution in [1.82, 2.24) is 0 Å². The van der Waals surface area contributed by atoms with E-state index in [0.29, 0.717) is 17.6 Å². The molecule has 7 nitrogen and oxygen atoms in total. The highest BCUT2D eigenvalue weighted by Crippen LogP contribution is 2.71. The van der Waals surface area contributed by atoms with E-state index in [4.69, 9.17) is 9.47 Å². The average molecular weight is 473 g/mol. The first kappa shape index (κ1) is 24.9. The summed E-state index contributed by atoms with van der Waals surface area (Å²) in [4.78, 5) is 38.7. The van der Waals surface area contributed by atoms with Crippen LogP contribution in [0.15, 0.2) is 34.9 Å². The van der Waals surface area contributed by atoms with E-state index >= 15 is 0 Å². The summed E-state index contributed by atoms with van der Waals surface area (Å²) >= 11 is 0. The fourth-order valence-corrected chi connectivity index (χ4v) is 7.08. The van der Waals surface area contributed by atoms with Gasteiger partial charge in [0.15, 0.2) is 17.5 Å². The number of aliphatic hydroxyl groups excluding tert-OH is 1. The molecule has 34 heavy (non-hydrogen) atoms. The van der Waals surface area contributed by atoms with Crippen molar-refractivity contribution in [2.24, 2.45) is 34.5 Å². The third kappa shape index (κ3) is 3.12. The zero-order valence-electron chi connectivity index (χ0n) is 21.0. The van der Waals surface area contributed by atoms with Crippen LogP contribution in [-0.2, 0) is 23.9 Å². The first-order valence-corrected chi connectivity index (χ1v) is 12.1. The fraction of sp³-hybridized carbons (Fsp3) is 0.667. The second kappa shape index (κ2) is 7.89. The predicted octanol–water partition coefficient (Wildman–Crippen LogP) is 2.90. The Morgan fingerprint density at radius 1 is 1.26 bits per heavy atom. The second-order valence-corrected chi connectivity index (χ2v) is 11.2. The van der Waals surface area contributed by atoms with Gasteiger partial charge in [-0.1, -0.05) is 39.0 Å². The van der Waals surface area contributed by atoms with Crippen molar-refractivity contribution in [2.45, 2.75) is 72.7 Å². The Kier molecular flexibility index (Phi) is 5.77. The van der Waals surface area contributed by atoms with Gasteiger partial charge in [0.05, 0.1) is 5.41 Å². The lowest BCUT2D eigenvalue weighted by Crippen LogP contribution is -2.65. The van der Waals surface area contributed by atoms with Crippen LogP contribution in [-0.4, -0.2) is 52.4 Å². The van der Waals surface area contributed by atoms with Crippen molar-refractivity contribution < 1.29 is 34.1 Å². The van der Waals surface area contributed by atoms with Crippen molar-refractivity contribution in [2.75, 3.05) is 6.61 Å². The van der Waals surface area contributed by atoms with Crippen molar-refractivity contribution in [3.05, 3.63) is 34.9 Å². The monoisotopic (exact) mass is 472 g/mol. The van der Waals surface area contributed by atoms with Gasteiger partial charge in [0.2, 0.25) is 0 Å². The number of carbonyl (C=O) groups is 3. The quantitative estimate of drug-likeness (QED) is 0.368. The molecule has 0 aromatic carbocycles. The van der Waals surface area contributed by atoms with Gasteiger partial charge in [-0.2, -0.15) is 0 Å². The van der Waals surface area contributed by atoms with E-state index in [9.17, 15) is 24.6 Å². The van der Waals surface area contributed by atoms with Gasteiger partial charge in [-0.3, -0.25) is 9.59 Å². The second-order valence-electron chi connectivity index (χ2n) is 11.2. The van der Waals surface area contributed by atoms with Crippen LogP contribution in [0, 0.1) is 34.5 Å². The lowest BCUT2D eigenvalue weighted by Gasteiger charge is -2.48. The lowest BCUT2D eigenvalue weighted by atomic mass is 9.59. The molecule has 4 rings (SSSR count). The summed E-state index contributed by atoms with van der Waals surface area (Å²) in [5.41, 5.74) is -2.47. The summed E-state index contributed by atoms with van der Waals surface area (Å²) in [5.74, 6) is -1.83. The highest BCUT2D eigenvalue weighted by Gasteiger charge is 2.76. The third-order valence-corrected chi connectivity index (χ3v) is 9.14. The smallest absolute Gasteiger partial charge is 0.334 e. The number of aliphatic hydroxyl groups is 2. The van der Waals surface area contributed by atoms with Gasteiger partial charge in [-0.15, -0.1) is 0 Å². The first-order chi connectivity index (χ1) is 15.7. The molecule has 4 aliphatic carbocycles. The van der Waals surface area contributed by atoms with Crippen LogP contribution in [0.1, 0.15) is 54.9 Å². The number of rotatable bonds is 4. The van der Waals surface area contributed by atoms with Crippen LogP contribution in [0.25, 0.3) is 0 Å². The molecule has 0 aromatic heterocycles. The standard InChI is InChI=1S/C27H36O7/c1-8-13(2)24(31)34-23-14(3)11-26-15(4)9-19-20(25(19,6)7)18(22(26)30)10-17(12-33-16(5)28)21(29)27(23,26)32/h8,10-11,15,18-21,23,29,32H,9,12H2,1-7H3/b13-8-/t15-,18?,19?,20-,21?,23?,26?,27?/m1/s1. The number of ketones is 1. The van der Waals surface area contributed by atoms with E-state index in [1.807, 2.05) is 6.92 Å². The summed E-state index contributed by atoms with van der Waals surface area (Å²) in [6.07, 6.45) is 2.96. The van der Waals surface area contributed by atoms with E-state index in [-0.39, 0.29) is 41.1 Å². The molecule has 0 aliphatic heterocycles. The fourth-order valence-electron chi connectivity index (χ4n) is 7.08. The Bertz CT molecular complexity index is 1030. The maximum absolute atomic E-state index is 14.4. The molecule has 8 atom stereocenters. The highest BCUT2D eigenvalue weighted by atomic mass is 16.6. The number of hydrogen-bond donors (Lipinski definition) is 2. The topological polar surface area (TPSA) is 110 Å². The largest absolute Gasteiger partial charge is 0.461 e. The molecule has 7 heteroatoms. The highest BCUT2D eigenvalue weighted by molar-refractivity contribution is 5.96. The van der Waals surface area contributed by atoms with Crippen LogP contribution in [0.3, 0.4) is 0 Å². The number of allylic oxidation sites excluding steroid dienone is 2. The number of hydrogen-bond acceptors (Lipinski definition) is 7. The Morgan fingerprint density at radius 3 is 2.50 bits per heavy atom. The molecule has 186 valence electrons. The Labute approximate surface area is 200 Å². The van der Waals surface area contributed by atoms with Gasteiger partial charge in [0.25, 0.3) is 0 Å². The zero-order chi connectivity index (χ0) is 25.4. The van der Waals surface area contributed by atoms with Gasteiger partial charge in [0.1, 0.15) is 12.7 Å². The lowest BCUT2D eigenvalue weighted by molar-refractivity contribution is -0.201. The van der Waals surface area contributed by atoms with Crippen LogP contribution in [0.5, 0.6) is 0 Å². The normalized spacial score (nSPS) is 42.4. The zero-order valence-corrected chi connectivity index (χ0v) is 21.0. The van der Waals surface area contributed by atoms with Crippen LogP contribution >= 0.6 is 0 Å². The van der Waals surface area contributed by atoms with E-state index in [1.165, 1.54) is 6.92 Å². The molecule has 2 bridgehead atoms. The SMILES string of the molecule is C/C=C(/C)C(=O)OC1C(C)=CC23C(=O)C(C=C(COC(C)=O)C(O)C12O)[C@@H]1C(C[C@H]3C)C1(C)C. The van der Waals surface area contributed by atoms with Gasteiger partial charge >= 0.3 is 11.9 Å². The molecule has 4 aliphatic rings. The minimum atomic E-state index is -2.13. The molecule has 0 heterocycles. The Balaban J connectivity index is 1.90. The van der Waals surface area contributed by atoms with Crippen molar-refractivity contribution in [3.8, 4) is 0 Å². The summed E-state index contributed by atoms with van der Waals surface area (Å²) < 4.78 is 11.0. The maximum atomic E-state index is 14.4. The summed E-state index contributed by atoms with van der Waals surface area (Å²) in [6, 6.07) is 0. The van der Waals surface area contributed by atoms with Crippen molar-refractivity contribution in [1.29, 1.82) is 0 Å². The van der Waals surface area contributed by atoms with E-state index in [1.54, 1.807) is 39.0 Å². The van der Waals surface area contributed by atoms with Crippen LogP contribution in [0.4, 0.5) is 0 Å². The third-order valence-electron chi connectivity index (χ3n) is 9.14. The first-order valence-electron chi connectivity index (χ1n) is 12.1. The minimum absolute atomic E-state index is 0.0566. The van der Waals surface area contributed by atoms with Gasteiger partial charge in [-0.05, 0) is 61.5 Å².